The number of benzene rings is 4. The molecule has 2 heterocycles. The normalized spacial score (nSPS) is 11.3. The van der Waals surface area contributed by atoms with E-state index in [9.17, 15) is 14.4 Å². The van der Waals surface area contributed by atoms with Crippen LogP contribution in [0.3, 0.4) is 0 Å². The van der Waals surface area contributed by atoms with E-state index in [0.717, 1.165) is 26.9 Å². The van der Waals surface area contributed by atoms with E-state index in [1.165, 1.54) is 14.2 Å². The van der Waals surface area contributed by atoms with Crippen LogP contribution in [0.4, 0.5) is 0 Å². The van der Waals surface area contributed by atoms with Crippen LogP contribution in [0.1, 0.15) is 36.8 Å². The van der Waals surface area contributed by atoms with Crippen molar-refractivity contribution in [1.82, 2.24) is 4.40 Å². The van der Waals surface area contributed by atoms with Gasteiger partial charge in [0, 0.05) is 10.9 Å². The van der Waals surface area contributed by atoms with Crippen LogP contribution in [0.15, 0.2) is 91.0 Å². The molecule has 37 heavy (non-hydrogen) atoms. The molecule has 0 aliphatic carbocycles. The van der Waals surface area contributed by atoms with Gasteiger partial charge in [-0.15, -0.1) is 0 Å². The van der Waals surface area contributed by atoms with Gasteiger partial charge in [0.05, 0.1) is 25.3 Å². The molecular formula is C31H21NO5. The summed E-state index contributed by atoms with van der Waals surface area (Å²) in [5.41, 5.74) is 1.41. The molecule has 0 unspecified atom stereocenters. The summed E-state index contributed by atoms with van der Waals surface area (Å²) in [6.07, 6.45) is 0. The Balaban J connectivity index is 1.81. The number of nitrogens with zero attached hydrogens (tertiary/aromatic N) is 1. The van der Waals surface area contributed by atoms with Gasteiger partial charge in [-0.3, -0.25) is 4.79 Å². The van der Waals surface area contributed by atoms with Crippen LogP contribution in [-0.2, 0) is 9.47 Å². The number of fused-ring (bicyclic) bond motifs is 6. The van der Waals surface area contributed by atoms with E-state index in [0.29, 0.717) is 16.6 Å². The quantitative estimate of drug-likeness (QED) is 0.168. The predicted octanol–water partition coefficient (Wildman–Crippen LogP) is 6.20. The van der Waals surface area contributed by atoms with Crippen molar-refractivity contribution >= 4 is 55.7 Å². The maximum atomic E-state index is 14.4. The Morgan fingerprint density at radius 1 is 0.568 bits per heavy atom. The zero-order valence-electron chi connectivity index (χ0n) is 20.1. The number of pyridine rings is 1. The molecule has 6 rings (SSSR count). The third-order valence-corrected chi connectivity index (χ3v) is 6.83. The van der Waals surface area contributed by atoms with E-state index in [1.807, 2.05) is 72.8 Å². The van der Waals surface area contributed by atoms with Crippen molar-refractivity contribution in [3.8, 4) is 0 Å². The van der Waals surface area contributed by atoms with Crippen LogP contribution in [0, 0.1) is 0 Å². The lowest BCUT2D eigenvalue weighted by Gasteiger charge is -2.11. The molecular weight excluding hydrogens is 466 g/mol. The summed E-state index contributed by atoms with van der Waals surface area (Å²) in [5, 5.41) is 4.52. The standard InChI is InChI=1S/C31H21NO5/c1-36-30(34)26-25-17-15-22-20-11-5-4-9-19(20)14-16-24(22)32(25)28(27(26)31(35)37-2)29(33)23-13-7-10-18-8-3-6-12-21(18)23/h3-17H,1-2H3. The van der Waals surface area contributed by atoms with Crippen molar-refractivity contribution in [2.45, 2.75) is 0 Å². The van der Waals surface area contributed by atoms with E-state index in [1.54, 1.807) is 22.6 Å². The summed E-state index contributed by atoms with van der Waals surface area (Å²) in [6, 6.07) is 28.4. The number of hydrogen-bond donors (Lipinski definition) is 0. The van der Waals surface area contributed by atoms with Gasteiger partial charge < -0.3 is 13.9 Å². The van der Waals surface area contributed by atoms with Crippen LogP contribution in [-0.4, -0.2) is 36.3 Å². The maximum absolute atomic E-state index is 14.4. The van der Waals surface area contributed by atoms with Gasteiger partial charge in [0.15, 0.2) is 0 Å². The number of carbonyl (C=O) groups excluding carboxylic acids is 3. The van der Waals surface area contributed by atoms with E-state index in [-0.39, 0.29) is 16.8 Å². The van der Waals surface area contributed by atoms with Crippen molar-refractivity contribution in [2.24, 2.45) is 0 Å². The van der Waals surface area contributed by atoms with Gasteiger partial charge in [-0.2, -0.15) is 0 Å². The molecule has 6 aromatic rings. The average Bonchev–Trinajstić information content (AvgIpc) is 3.31. The molecule has 4 aromatic carbocycles. The van der Waals surface area contributed by atoms with Gasteiger partial charge in [-0.1, -0.05) is 78.9 Å². The molecule has 0 bridgehead atoms. The first-order valence-electron chi connectivity index (χ1n) is 11.7. The van der Waals surface area contributed by atoms with Gasteiger partial charge in [0.1, 0.15) is 16.8 Å². The van der Waals surface area contributed by atoms with Crippen molar-refractivity contribution in [1.29, 1.82) is 0 Å². The Bertz CT molecular complexity index is 1910. The molecule has 0 saturated carbocycles. The molecule has 2 aromatic heterocycles. The summed E-state index contributed by atoms with van der Waals surface area (Å²) in [5.74, 6) is -1.92. The van der Waals surface area contributed by atoms with Crippen molar-refractivity contribution < 1.29 is 23.9 Å². The highest BCUT2D eigenvalue weighted by molar-refractivity contribution is 6.24. The van der Waals surface area contributed by atoms with Crippen LogP contribution in [0.25, 0.3) is 38.0 Å². The number of ketones is 1. The van der Waals surface area contributed by atoms with Crippen LogP contribution < -0.4 is 0 Å². The number of carbonyl (C=O) groups is 3. The Morgan fingerprint density at radius 2 is 1.16 bits per heavy atom. The van der Waals surface area contributed by atoms with E-state index in [4.69, 9.17) is 9.47 Å². The smallest absolute Gasteiger partial charge is 0.341 e. The highest BCUT2D eigenvalue weighted by Crippen LogP contribution is 2.35. The fourth-order valence-corrected chi connectivity index (χ4v) is 5.19. The van der Waals surface area contributed by atoms with Crippen LogP contribution in [0.2, 0.25) is 0 Å². The maximum Gasteiger partial charge on any atom is 0.341 e. The summed E-state index contributed by atoms with van der Waals surface area (Å²) < 4.78 is 11.8. The minimum absolute atomic E-state index is 0.00649. The number of rotatable bonds is 4. The van der Waals surface area contributed by atoms with Gasteiger partial charge in [0.2, 0.25) is 5.78 Å². The molecule has 0 saturated heterocycles. The van der Waals surface area contributed by atoms with Gasteiger partial charge in [-0.25, -0.2) is 9.59 Å². The lowest BCUT2D eigenvalue weighted by Crippen LogP contribution is -2.15. The number of hydrogen-bond acceptors (Lipinski definition) is 5. The zero-order valence-corrected chi connectivity index (χ0v) is 20.1. The van der Waals surface area contributed by atoms with E-state index < -0.39 is 17.7 Å². The summed E-state index contributed by atoms with van der Waals surface area (Å²) in [4.78, 5) is 40.6. The minimum Gasteiger partial charge on any atom is -0.465 e. The number of methoxy groups -OCH3 is 2. The molecule has 0 N–H and O–H groups in total. The first kappa shape index (κ1) is 22.5. The molecule has 6 nitrogen and oxygen atoms in total. The Labute approximate surface area is 211 Å². The lowest BCUT2D eigenvalue weighted by molar-refractivity contribution is 0.0556. The third kappa shape index (κ3) is 3.30. The molecule has 0 aliphatic rings. The predicted molar refractivity (Wildman–Crippen MR) is 142 cm³/mol. The van der Waals surface area contributed by atoms with E-state index in [2.05, 4.69) is 0 Å². The lowest BCUT2D eigenvalue weighted by atomic mass is 9.97. The van der Waals surface area contributed by atoms with Gasteiger partial charge in [0.25, 0.3) is 0 Å². The summed E-state index contributed by atoms with van der Waals surface area (Å²) in [7, 11) is 2.47. The van der Waals surface area contributed by atoms with E-state index >= 15 is 0 Å². The first-order chi connectivity index (χ1) is 18.0. The highest BCUT2D eigenvalue weighted by atomic mass is 16.5. The Morgan fingerprint density at radius 3 is 1.89 bits per heavy atom. The first-order valence-corrected chi connectivity index (χ1v) is 11.7. The fraction of sp³-hybridized carbons (Fsp3) is 0.0645. The average molecular weight is 488 g/mol. The van der Waals surface area contributed by atoms with Crippen LogP contribution >= 0.6 is 0 Å². The molecule has 0 fully saturated rings. The van der Waals surface area contributed by atoms with Gasteiger partial charge >= 0.3 is 11.9 Å². The van der Waals surface area contributed by atoms with Crippen molar-refractivity contribution in [3.05, 3.63) is 113 Å². The summed E-state index contributed by atoms with van der Waals surface area (Å²) in [6.45, 7) is 0. The molecule has 0 aliphatic heterocycles. The Kier molecular flexibility index (Phi) is 5.23. The van der Waals surface area contributed by atoms with Crippen molar-refractivity contribution in [2.75, 3.05) is 14.2 Å². The fourth-order valence-electron chi connectivity index (χ4n) is 5.19. The minimum atomic E-state index is -0.790. The molecule has 0 radical (unpaired) electrons. The molecule has 0 spiro atoms. The second-order valence-corrected chi connectivity index (χ2v) is 8.71. The monoisotopic (exact) mass is 487 g/mol. The number of aromatic nitrogens is 1. The Hall–Kier alpha value is -4.97. The molecule has 6 heteroatoms. The third-order valence-electron chi connectivity index (χ3n) is 6.83. The highest BCUT2D eigenvalue weighted by Gasteiger charge is 2.34. The number of ether oxygens (including phenoxy) is 2. The zero-order chi connectivity index (χ0) is 25.7. The van der Waals surface area contributed by atoms with Gasteiger partial charge in [-0.05, 0) is 33.7 Å². The topological polar surface area (TPSA) is 74.1 Å². The SMILES string of the molecule is COC(=O)c1c(C(=O)OC)c2ccc3c4ccccc4ccc3n2c1C(=O)c1cccc2ccccc12. The summed E-state index contributed by atoms with van der Waals surface area (Å²) >= 11 is 0. The molecule has 0 atom stereocenters. The van der Waals surface area contributed by atoms with Crippen LogP contribution in [0.5, 0.6) is 0 Å². The molecule has 0 amide bonds. The largest absolute Gasteiger partial charge is 0.465 e. The van der Waals surface area contributed by atoms with Crippen molar-refractivity contribution in [3.63, 3.8) is 0 Å². The molecule has 180 valence electrons. The number of esters is 2. The second kappa shape index (κ2) is 8.60. The second-order valence-electron chi connectivity index (χ2n) is 8.71.